The van der Waals surface area contributed by atoms with Crippen molar-refractivity contribution in [2.75, 3.05) is 6.61 Å². The Hall–Kier alpha value is -2.09. The maximum absolute atomic E-state index is 12.5. The van der Waals surface area contributed by atoms with Gasteiger partial charge in [0.15, 0.2) is 5.78 Å². The summed E-state index contributed by atoms with van der Waals surface area (Å²) in [6.07, 6.45) is 1.96. The van der Waals surface area contributed by atoms with Crippen LogP contribution in [0.15, 0.2) is 54.6 Å². The minimum Gasteiger partial charge on any atom is -0.494 e. The molecule has 3 rings (SSSR count). The number of rotatable bonds is 6. The fraction of sp³-hybridized carbons (Fsp3) is 0.316. The van der Waals surface area contributed by atoms with E-state index in [1.54, 1.807) is 0 Å². The van der Waals surface area contributed by atoms with Crippen LogP contribution in [-0.4, -0.2) is 12.4 Å². The highest BCUT2D eigenvalue weighted by Gasteiger charge is 2.43. The fourth-order valence-electron chi connectivity index (χ4n) is 2.70. The lowest BCUT2D eigenvalue weighted by atomic mass is 10.0. The zero-order valence-electron chi connectivity index (χ0n) is 12.3. The van der Waals surface area contributed by atoms with Crippen molar-refractivity contribution < 1.29 is 9.53 Å². The summed E-state index contributed by atoms with van der Waals surface area (Å²) in [5, 5.41) is 0. The van der Waals surface area contributed by atoms with E-state index in [1.807, 2.05) is 42.5 Å². The number of hydrogen-bond donors (Lipinski definition) is 0. The highest BCUT2D eigenvalue weighted by Crippen LogP contribution is 2.49. The summed E-state index contributed by atoms with van der Waals surface area (Å²) in [6.45, 7) is 2.79. The normalized spacial score (nSPS) is 20.0. The Morgan fingerprint density at radius 2 is 1.81 bits per heavy atom. The van der Waals surface area contributed by atoms with Crippen molar-refractivity contribution >= 4 is 5.78 Å². The van der Waals surface area contributed by atoms with Crippen LogP contribution >= 0.6 is 0 Å². The zero-order chi connectivity index (χ0) is 14.7. The summed E-state index contributed by atoms with van der Waals surface area (Å²) in [6, 6.07) is 17.9. The lowest BCUT2D eigenvalue weighted by Crippen LogP contribution is -2.03. The largest absolute Gasteiger partial charge is 0.494 e. The van der Waals surface area contributed by atoms with Gasteiger partial charge in [0.05, 0.1) is 6.61 Å². The first-order valence-corrected chi connectivity index (χ1v) is 7.61. The molecule has 0 radical (unpaired) electrons. The van der Waals surface area contributed by atoms with Gasteiger partial charge in [-0.15, -0.1) is 0 Å². The van der Waals surface area contributed by atoms with Gasteiger partial charge in [0.25, 0.3) is 0 Å². The molecule has 2 aromatic carbocycles. The lowest BCUT2D eigenvalue weighted by Gasteiger charge is -2.05. The number of ether oxygens (including phenoxy) is 1. The predicted octanol–water partition coefficient (Wildman–Crippen LogP) is 4.46. The molecule has 0 aliphatic heterocycles. The number of carbonyl (C=O) groups is 1. The number of carbonyl (C=O) groups excluding carboxylic acids is 1. The predicted molar refractivity (Wildman–Crippen MR) is 83.8 cm³/mol. The Kier molecular flexibility index (Phi) is 4.05. The Balaban J connectivity index is 1.64. The van der Waals surface area contributed by atoms with Crippen LogP contribution < -0.4 is 4.74 Å². The summed E-state index contributed by atoms with van der Waals surface area (Å²) in [5.41, 5.74) is 2.07. The Labute approximate surface area is 125 Å². The van der Waals surface area contributed by atoms with Crippen molar-refractivity contribution in [1.82, 2.24) is 0 Å². The van der Waals surface area contributed by atoms with Gasteiger partial charge in [0.2, 0.25) is 0 Å². The second-order valence-electron chi connectivity index (χ2n) is 5.60. The summed E-state index contributed by atoms with van der Waals surface area (Å²) in [5.74, 6) is 1.64. The van der Waals surface area contributed by atoms with E-state index >= 15 is 0 Å². The fourth-order valence-corrected chi connectivity index (χ4v) is 2.70. The van der Waals surface area contributed by atoms with E-state index in [2.05, 4.69) is 19.1 Å². The first-order chi connectivity index (χ1) is 10.3. The summed E-state index contributed by atoms with van der Waals surface area (Å²) in [7, 11) is 0. The SMILES string of the molecule is CCCOc1ccc(C(=O)C2CC2c2ccccc2)cc1. The van der Waals surface area contributed by atoms with Crippen LogP contribution in [0, 0.1) is 5.92 Å². The van der Waals surface area contributed by atoms with Gasteiger partial charge >= 0.3 is 0 Å². The molecule has 1 aliphatic carbocycles. The second kappa shape index (κ2) is 6.13. The van der Waals surface area contributed by atoms with Crippen LogP contribution in [0.5, 0.6) is 5.75 Å². The third-order valence-corrected chi connectivity index (χ3v) is 3.97. The molecular formula is C19H20O2. The molecule has 2 atom stereocenters. The quantitative estimate of drug-likeness (QED) is 0.730. The van der Waals surface area contributed by atoms with Crippen LogP contribution in [0.1, 0.15) is 41.6 Å². The molecule has 0 spiro atoms. The standard InChI is InChI=1S/C19H20O2/c1-2-12-21-16-10-8-15(9-11-16)19(20)18-13-17(18)14-6-4-3-5-7-14/h3-11,17-18H,2,12-13H2,1H3. The third kappa shape index (κ3) is 3.15. The highest BCUT2D eigenvalue weighted by molar-refractivity contribution is 6.00. The first-order valence-electron chi connectivity index (χ1n) is 7.61. The van der Waals surface area contributed by atoms with Crippen molar-refractivity contribution in [3.05, 3.63) is 65.7 Å². The van der Waals surface area contributed by atoms with E-state index < -0.39 is 0 Å². The molecule has 2 unspecified atom stereocenters. The van der Waals surface area contributed by atoms with E-state index in [4.69, 9.17) is 4.74 Å². The van der Waals surface area contributed by atoms with Crippen molar-refractivity contribution in [3.8, 4) is 5.75 Å². The summed E-state index contributed by atoms with van der Waals surface area (Å²) >= 11 is 0. The first kappa shape index (κ1) is 13.9. The molecule has 0 aromatic heterocycles. The molecule has 2 heteroatoms. The van der Waals surface area contributed by atoms with E-state index in [1.165, 1.54) is 5.56 Å². The van der Waals surface area contributed by atoms with Crippen molar-refractivity contribution in [2.45, 2.75) is 25.7 Å². The molecular weight excluding hydrogens is 260 g/mol. The topological polar surface area (TPSA) is 26.3 Å². The van der Waals surface area contributed by atoms with E-state index in [0.29, 0.717) is 12.5 Å². The molecule has 2 nitrogen and oxygen atoms in total. The minimum atomic E-state index is 0.148. The molecule has 21 heavy (non-hydrogen) atoms. The highest BCUT2D eigenvalue weighted by atomic mass is 16.5. The Morgan fingerprint density at radius 1 is 1.10 bits per heavy atom. The molecule has 0 N–H and O–H groups in total. The molecule has 0 bridgehead atoms. The average Bonchev–Trinajstić information content (AvgIpc) is 3.34. The van der Waals surface area contributed by atoms with Crippen molar-refractivity contribution in [3.63, 3.8) is 0 Å². The van der Waals surface area contributed by atoms with E-state index in [0.717, 1.165) is 24.2 Å². The van der Waals surface area contributed by atoms with Crippen molar-refractivity contribution in [2.24, 2.45) is 5.92 Å². The van der Waals surface area contributed by atoms with Gasteiger partial charge in [-0.25, -0.2) is 0 Å². The number of hydrogen-bond acceptors (Lipinski definition) is 2. The maximum Gasteiger partial charge on any atom is 0.166 e. The maximum atomic E-state index is 12.5. The monoisotopic (exact) mass is 280 g/mol. The lowest BCUT2D eigenvalue weighted by molar-refractivity contribution is 0.0965. The molecule has 108 valence electrons. The van der Waals surface area contributed by atoms with Gasteiger partial charge in [-0.2, -0.15) is 0 Å². The third-order valence-electron chi connectivity index (χ3n) is 3.97. The zero-order valence-corrected chi connectivity index (χ0v) is 12.3. The van der Waals surface area contributed by atoms with Gasteiger partial charge < -0.3 is 4.74 Å². The minimum absolute atomic E-state index is 0.148. The van der Waals surface area contributed by atoms with Crippen LogP contribution in [-0.2, 0) is 0 Å². The average molecular weight is 280 g/mol. The second-order valence-corrected chi connectivity index (χ2v) is 5.60. The number of benzene rings is 2. The van der Waals surface area contributed by atoms with Crippen LogP contribution in [0.4, 0.5) is 0 Å². The van der Waals surface area contributed by atoms with E-state index in [9.17, 15) is 4.79 Å². The van der Waals surface area contributed by atoms with Gasteiger partial charge in [-0.05, 0) is 48.6 Å². The summed E-state index contributed by atoms with van der Waals surface area (Å²) < 4.78 is 5.55. The van der Waals surface area contributed by atoms with Crippen LogP contribution in [0.3, 0.4) is 0 Å². The number of Topliss-reactive ketones (excluding diaryl/α,β-unsaturated/α-hetero) is 1. The smallest absolute Gasteiger partial charge is 0.166 e. The van der Waals surface area contributed by atoms with Crippen LogP contribution in [0.25, 0.3) is 0 Å². The molecule has 0 saturated heterocycles. The Bertz CT molecular complexity index is 601. The molecule has 2 aromatic rings. The van der Waals surface area contributed by atoms with Crippen molar-refractivity contribution in [1.29, 1.82) is 0 Å². The van der Waals surface area contributed by atoms with Gasteiger partial charge in [0.1, 0.15) is 5.75 Å². The Morgan fingerprint density at radius 3 is 2.48 bits per heavy atom. The number of ketones is 1. The molecule has 1 saturated carbocycles. The van der Waals surface area contributed by atoms with Crippen LogP contribution in [0.2, 0.25) is 0 Å². The summed E-state index contributed by atoms with van der Waals surface area (Å²) in [4.78, 5) is 12.5. The molecule has 1 fully saturated rings. The molecule has 1 aliphatic rings. The van der Waals surface area contributed by atoms with Gasteiger partial charge in [0, 0.05) is 11.5 Å². The van der Waals surface area contributed by atoms with Gasteiger partial charge in [-0.3, -0.25) is 4.79 Å². The van der Waals surface area contributed by atoms with E-state index in [-0.39, 0.29) is 11.7 Å². The molecule has 0 heterocycles. The molecule has 0 amide bonds. The van der Waals surface area contributed by atoms with Gasteiger partial charge in [-0.1, -0.05) is 37.3 Å².